The topological polar surface area (TPSA) is 91.0 Å². The fraction of sp³-hybridized carbons (Fsp3) is 0.435. The number of amides is 3. The number of benzene rings is 1. The molecule has 0 bridgehead atoms. The lowest BCUT2D eigenvalue weighted by atomic mass is 10.2. The van der Waals surface area contributed by atoms with E-state index in [1.54, 1.807) is 29.2 Å². The molecule has 1 atom stereocenters. The van der Waals surface area contributed by atoms with Gasteiger partial charge in [0.05, 0.1) is 15.8 Å². The van der Waals surface area contributed by atoms with Crippen LogP contribution in [0.2, 0.25) is 4.34 Å². The van der Waals surface area contributed by atoms with Gasteiger partial charge in [-0.05, 0) is 55.8 Å². The minimum atomic E-state index is -0.498. The molecule has 2 heterocycles. The maximum absolute atomic E-state index is 13.2. The van der Waals surface area contributed by atoms with Crippen LogP contribution in [0.25, 0.3) is 0 Å². The van der Waals surface area contributed by atoms with E-state index in [4.69, 9.17) is 16.3 Å². The molecule has 33 heavy (non-hydrogen) atoms. The standard InChI is InChI=1S/C23H27ClN4O4S/c1-2-27(16-7-8-16)18(13-25-23(31)19-9-10-20(24)33-19)22(30)26-15-3-5-17(6-4-15)28-11-12-32-14-21(28)29/h3-6,9-10,16,18H,2,7-8,11-14H2,1H3,(H,25,31)(H,26,30)/t18-/m0/s1. The van der Waals surface area contributed by atoms with E-state index in [2.05, 4.69) is 15.5 Å². The van der Waals surface area contributed by atoms with Crippen molar-refractivity contribution in [1.82, 2.24) is 10.2 Å². The number of halogens is 1. The van der Waals surface area contributed by atoms with E-state index in [0.717, 1.165) is 18.5 Å². The number of nitrogens with one attached hydrogen (secondary N) is 2. The third-order valence-electron chi connectivity index (χ3n) is 5.77. The fourth-order valence-electron chi connectivity index (χ4n) is 3.95. The Morgan fingerprint density at radius 3 is 2.61 bits per heavy atom. The zero-order valence-electron chi connectivity index (χ0n) is 18.4. The molecule has 2 fully saturated rings. The SMILES string of the molecule is CCN(C1CC1)[C@@H](CNC(=O)c1ccc(Cl)s1)C(=O)Nc1ccc(N2CCOCC2=O)cc1. The summed E-state index contributed by atoms with van der Waals surface area (Å²) in [5.74, 6) is -0.497. The van der Waals surface area contributed by atoms with Gasteiger partial charge in [0.1, 0.15) is 12.6 Å². The van der Waals surface area contributed by atoms with Crippen molar-refractivity contribution in [3.05, 3.63) is 45.6 Å². The van der Waals surface area contributed by atoms with Gasteiger partial charge in [-0.1, -0.05) is 18.5 Å². The number of carbonyl (C=O) groups is 3. The number of anilines is 2. The van der Waals surface area contributed by atoms with Gasteiger partial charge in [0.2, 0.25) is 5.91 Å². The summed E-state index contributed by atoms with van der Waals surface area (Å²) in [6.45, 7) is 4.02. The highest BCUT2D eigenvalue weighted by Crippen LogP contribution is 2.29. The number of hydrogen-bond donors (Lipinski definition) is 2. The summed E-state index contributed by atoms with van der Waals surface area (Å²) in [5, 5.41) is 5.86. The van der Waals surface area contributed by atoms with Crippen LogP contribution in [0.15, 0.2) is 36.4 Å². The second kappa shape index (κ2) is 10.6. The molecule has 1 aliphatic heterocycles. The quantitative estimate of drug-likeness (QED) is 0.564. The van der Waals surface area contributed by atoms with Gasteiger partial charge in [-0.3, -0.25) is 19.3 Å². The average Bonchev–Trinajstić information content (AvgIpc) is 3.56. The van der Waals surface area contributed by atoms with Gasteiger partial charge in [-0.2, -0.15) is 0 Å². The highest BCUT2D eigenvalue weighted by Gasteiger charge is 2.36. The summed E-state index contributed by atoms with van der Waals surface area (Å²) in [5.41, 5.74) is 1.41. The predicted molar refractivity (Wildman–Crippen MR) is 129 cm³/mol. The number of likely N-dealkylation sites (N-methyl/N-ethyl adjacent to an activating group) is 1. The van der Waals surface area contributed by atoms with E-state index in [1.165, 1.54) is 11.3 Å². The van der Waals surface area contributed by atoms with Crippen molar-refractivity contribution in [3.8, 4) is 0 Å². The van der Waals surface area contributed by atoms with Crippen LogP contribution in [0.1, 0.15) is 29.4 Å². The lowest BCUT2D eigenvalue weighted by Crippen LogP contribution is -2.51. The van der Waals surface area contributed by atoms with E-state index in [0.29, 0.717) is 40.6 Å². The number of hydrogen-bond acceptors (Lipinski definition) is 6. The van der Waals surface area contributed by atoms with Crippen LogP contribution in [0.5, 0.6) is 0 Å². The van der Waals surface area contributed by atoms with Crippen molar-refractivity contribution >= 4 is 52.0 Å². The first-order chi connectivity index (χ1) is 16.0. The molecule has 4 rings (SSSR count). The minimum Gasteiger partial charge on any atom is -0.370 e. The van der Waals surface area contributed by atoms with Crippen LogP contribution in [0.4, 0.5) is 11.4 Å². The lowest BCUT2D eigenvalue weighted by Gasteiger charge is -2.30. The molecule has 1 aromatic carbocycles. The third kappa shape index (κ3) is 5.92. The van der Waals surface area contributed by atoms with Crippen molar-refractivity contribution in [1.29, 1.82) is 0 Å². The highest BCUT2D eigenvalue weighted by atomic mass is 35.5. The molecule has 3 amide bonds. The van der Waals surface area contributed by atoms with Gasteiger partial charge in [0.25, 0.3) is 11.8 Å². The number of morpholine rings is 1. The zero-order valence-corrected chi connectivity index (χ0v) is 20.0. The fourth-order valence-corrected chi connectivity index (χ4v) is 4.91. The summed E-state index contributed by atoms with van der Waals surface area (Å²) in [7, 11) is 0. The molecule has 1 aliphatic carbocycles. The monoisotopic (exact) mass is 490 g/mol. The molecule has 2 N–H and O–H groups in total. The number of rotatable bonds is 9. The molecule has 1 saturated heterocycles. The van der Waals surface area contributed by atoms with Crippen LogP contribution in [0.3, 0.4) is 0 Å². The normalized spacial score (nSPS) is 17.2. The van der Waals surface area contributed by atoms with Gasteiger partial charge >= 0.3 is 0 Å². The molecule has 0 unspecified atom stereocenters. The average molecular weight is 491 g/mol. The Hall–Kier alpha value is -2.46. The molecular formula is C23H27ClN4O4S. The van der Waals surface area contributed by atoms with E-state index in [1.807, 2.05) is 19.1 Å². The Morgan fingerprint density at radius 1 is 1.24 bits per heavy atom. The Balaban J connectivity index is 1.42. The zero-order chi connectivity index (χ0) is 23.4. The van der Waals surface area contributed by atoms with Gasteiger partial charge in [-0.15, -0.1) is 11.3 Å². The molecule has 2 aromatic rings. The summed E-state index contributed by atoms with van der Waals surface area (Å²) >= 11 is 7.15. The van der Waals surface area contributed by atoms with E-state index >= 15 is 0 Å². The number of thiophene rings is 1. The Bertz CT molecular complexity index is 1010. The van der Waals surface area contributed by atoms with Crippen LogP contribution < -0.4 is 15.5 Å². The summed E-state index contributed by atoms with van der Waals surface area (Å²) < 4.78 is 5.72. The first kappa shape index (κ1) is 23.7. The van der Waals surface area contributed by atoms with E-state index < -0.39 is 6.04 Å². The smallest absolute Gasteiger partial charge is 0.261 e. The van der Waals surface area contributed by atoms with E-state index in [9.17, 15) is 14.4 Å². The molecule has 1 saturated carbocycles. The van der Waals surface area contributed by atoms with Crippen molar-refractivity contribution in [2.45, 2.75) is 31.8 Å². The van der Waals surface area contributed by atoms with Crippen molar-refractivity contribution < 1.29 is 19.1 Å². The first-order valence-corrected chi connectivity index (χ1v) is 12.2. The summed E-state index contributed by atoms with van der Waals surface area (Å²) in [6, 6.07) is 10.4. The predicted octanol–water partition coefficient (Wildman–Crippen LogP) is 2.99. The third-order valence-corrected chi connectivity index (χ3v) is 7.00. The van der Waals surface area contributed by atoms with Gasteiger partial charge in [0, 0.05) is 30.5 Å². The molecule has 8 nitrogen and oxygen atoms in total. The second-order valence-electron chi connectivity index (χ2n) is 8.03. The maximum atomic E-state index is 13.2. The Kier molecular flexibility index (Phi) is 7.64. The van der Waals surface area contributed by atoms with Gasteiger partial charge < -0.3 is 20.3 Å². The molecule has 0 radical (unpaired) electrons. The molecule has 1 aromatic heterocycles. The Labute approximate surface area is 201 Å². The van der Waals surface area contributed by atoms with Gasteiger partial charge in [0.15, 0.2) is 0 Å². The highest BCUT2D eigenvalue weighted by molar-refractivity contribution is 7.18. The Morgan fingerprint density at radius 2 is 2.00 bits per heavy atom. The van der Waals surface area contributed by atoms with E-state index in [-0.39, 0.29) is 30.9 Å². The first-order valence-electron chi connectivity index (χ1n) is 11.0. The molecular weight excluding hydrogens is 464 g/mol. The van der Waals surface area contributed by atoms with Crippen molar-refractivity contribution in [2.75, 3.05) is 43.1 Å². The molecule has 10 heteroatoms. The second-order valence-corrected chi connectivity index (χ2v) is 9.74. The molecule has 0 spiro atoms. The molecule has 2 aliphatic rings. The van der Waals surface area contributed by atoms with Crippen molar-refractivity contribution in [2.24, 2.45) is 0 Å². The summed E-state index contributed by atoms with van der Waals surface area (Å²) in [4.78, 5) is 42.1. The van der Waals surface area contributed by atoms with Crippen LogP contribution >= 0.6 is 22.9 Å². The van der Waals surface area contributed by atoms with Crippen molar-refractivity contribution in [3.63, 3.8) is 0 Å². The molecule has 176 valence electrons. The summed E-state index contributed by atoms with van der Waals surface area (Å²) in [6.07, 6.45) is 2.10. The minimum absolute atomic E-state index is 0.0797. The maximum Gasteiger partial charge on any atom is 0.261 e. The van der Waals surface area contributed by atoms with Crippen LogP contribution in [-0.2, 0) is 14.3 Å². The number of carbonyl (C=O) groups excluding carboxylic acids is 3. The van der Waals surface area contributed by atoms with Crippen LogP contribution in [0, 0.1) is 0 Å². The lowest BCUT2D eigenvalue weighted by molar-refractivity contribution is -0.125. The number of ether oxygens (including phenoxy) is 1. The number of nitrogens with zero attached hydrogens (tertiary/aromatic N) is 2. The van der Waals surface area contributed by atoms with Crippen LogP contribution in [-0.4, -0.2) is 67.6 Å². The van der Waals surface area contributed by atoms with Gasteiger partial charge in [-0.25, -0.2) is 0 Å². The largest absolute Gasteiger partial charge is 0.370 e.